The molecule has 8 heteroatoms. The molecular formula is C19H23NO7. The number of carbonyl (C=O) groups is 4. The number of rotatable bonds is 5. The first-order valence-corrected chi connectivity index (χ1v) is 9.21. The van der Waals surface area contributed by atoms with Gasteiger partial charge >= 0.3 is 11.9 Å². The molecular weight excluding hydrogens is 354 g/mol. The predicted molar refractivity (Wildman–Crippen MR) is 92.5 cm³/mol. The maximum atomic E-state index is 12.7. The van der Waals surface area contributed by atoms with Crippen LogP contribution in [0.25, 0.3) is 0 Å². The number of carbonyl (C=O) groups excluding carboxylic acids is 2. The topological polar surface area (TPSA) is 121 Å². The smallest absolute Gasteiger partial charge is 0.371 e. The van der Waals surface area contributed by atoms with Gasteiger partial charge in [-0.3, -0.25) is 9.59 Å². The number of nitrogens with zero attached hydrogens (tertiary/aromatic N) is 1. The number of ketones is 2. The molecule has 0 amide bonds. The minimum atomic E-state index is -1.31. The van der Waals surface area contributed by atoms with Crippen LogP contribution in [-0.2, 0) is 23.9 Å². The van der Waals surface area contributed by atoms with Gasteiger partial charge in [-0.25, -0.2) is 9.59 Å². The average Bonchev–Trinajstić information content (AvgIpc) is 2.62. The number of carboxylic acids is 2. The molecule has 0 radical (unpaired) electrons. The minimum Gasteiger partial charge on any atom is -0.482 e. The second kappa shape index (κ2) is 7.17. The molecule has 2 N–H and O–H groups in total. The van der Waals surface area contributed by atoms with E-state index in [2.05, 4.69) is 0 Å². The van der Waals surface area contributed by atoms with E-state index >= 15 is 0 Å². The molecule has 0 spiro atoms. The van der Waals surface area contributed by atoms with E-state index < -0.39 is 35.9 Å². The molecule has 0 saturated heterocycles. The van der Waals surface area contributed by atoms with Crippen molar-refractivity contribution < 1.29 is 34.1 Å². The van der Waals surface area contributed by atoms with Crippen LogP contribution in [0.2, 0.25) is 0 Å². The lowest BCUT2D eigenvalue weighted by molar-refractivity contribution is -0.155. The Balaban J connectivity index is 2.06. The molecule has 1 aliphatic carbocycles. The van der Waals surface area contributed by atoms with Crippen LogP contribution in [0.1, 0.15) is 33.1 Å². The number of allylic oxidation sites excluding steroid dienone is 2. The van der Waals surface area contributed by atoms with Gasteiger partial charge in [0, 0.05) is 36.6 Å². The largest absolute Gasteiger partial charge is 0.482 e. The maximum absolute atomic E-state index is 12.7. The van der Waals surface area contributed by atoms with Crippen molar-refractivity contribution in [3.63, 3.8) is 0 Å². The Hall–Kier alpha value is -2.64. The van der Waals surface area contributed by atoms with Gasteiger partial charge in [-0.05, 0) is 19.8 Å². The molecule has 0 aromatic carbocycles. The monoisotopic (exact) mass is 377 g/mol. The van der Waals surface area contributed by atoms with Gasteiger partial charge in [0.2, 0.25) is 5.76 Å². The predicted octanol–water partition coefficient (Wildman–Crippen LogP) is 1.22. The molecule has 2 aliphatic heterocycles. The van der Waals surface area contributed by atoms with Crippen molar-refractivity contribution >= 4 is 23.5 Å². The molecule has 146 valence electrons. The van der Waals surface area contributed by atoms with E-state index in [0.29, 0.717) is 13.0 Å². The summed E-state index contributed by atoms with van der Waals surface area (Å²) >= 11 is 0. The van der Waals surface area contributed by atoms with Gasteiger partial charge in [0.05, 0.1) is 5.92 Å². The molecule has 3 rings (SSSR count). The standard InChI is InChI=1S/C19H23NO7/c1-3-5-9-16-10(13(21)7-12(18(23)24)20(16)4-2)6-11-14(22)8-15(19(25)26)27-17(9)11/h7-11,16-17H,3-6H2,1-2H3,(H,23,24)(H,25,26)/t9-,10?,11?,16?,17?/m0/s1. The number of hydrogen-bond acceptors (Lipinski definition) is 6. The van der Waals surface area contributed by atoms with Crippen LogP contribution in [0, 0.1) is 17.8 Å². The van der Waals surface area contributed by atoms with Crippen molar-refractivity contribution in [1.82, 2.24) is 4.90 Å². The summed E-state index contributed by atoms with van der Waals surface area (Å²) in [5.74, 6) is -4.91. The minimum absolute atomic E-state index is 0.0561. The summed E-state index contributed by atoms with van der Waals surface area (Å²) in [5.41, 5.74) is -0.0561. The third-order valence-electron chi connectivity index (χ3n) is 5.79. The number of aliphatic carboxylic acids is 2. The van der Waals surface area contributed by atoms with Crippen LogP contribution in [0.3, 0.4) is 0 Å². The van der Waals surface area contributed by atoms with Gasteiger partial charge < -0.3 is 19.8 Å². The lowest BCUT2D eigenvalue weighted by Crippen LogP contribution is -2.61. The molecule has 5 atom stereocenters. The third-order valence-corrected chi connectivity index (χ3v) is 5.79. The van der Waals surface area contributed by atoms with Crippen molar-refractivity contribution in [2.75, 3.05) is 6.54 Å². The van der Waals surface area contributed by atoms with Crippen LogP contribution >= 0.6 is 0 Å². The van der Waals surface area contributed by atoms with Crippen molar-refractivity contribution in [1.29, 1.82) is 0 Å². The van der Waals surface area contributed by atoms with Gasteiger partial charge in [-0.1, -0.05) is 13.3 Å². The quantitative estimate of drug-likeness (QED) is 0.733. The van der Waals surface area contributed by atoms with E-state index in [-0.39, 0.29) is 35.4 Å². The maximum Gasteiger partial charge on any atom is 0.371 e. The number of hydrogen-bond donors (Lipinski definition) is 2. The fourth-order valence-electron chi connectivity index (χ4n) is 4.77. The van der Waals surface area contributed by atoms with Gasteiger partial charge in [0.15, 0.2) is 11.6 Å². The Labute approximate surface area is 156 Å². The van der Waals surface area contributed by atoms with E-state index in [4.69, 9.17) is 4.74 Å². The zero-order valence-electron chi connectivity index (χ0n) is 15.3. The van der Waals surface area contributed by atoms with Crippen LogP contribution in [-0.4, -0.2) is 57.3 Å². The summed E-state index contributed by atoms with van der Waals surface area (Å²) in [4.78, 5) is 49.9. The van der Waals surface area contributed by atoms with E-state index in [9.17, 15) is 29.4 Å². The summed E-state index contributed by atoms with van der Waals surface area (Å²) in [7, 11) is 0. The fourth-order valence-corrected chi connectivity index (χ4v) is 4.77. The van der Waals surface area contributed by atoms with Gasteiger partial charge in [-0.15, -0.1) is 0 Å². The van der Waals surface area contributed by atoms with Gasteiger partial charge in [0.25, 0.3) is 0 Å². The molecule has 2 heterocycles. The number of likely N-dealkylation sites (N-methyl/N-ethyl adjacent to an activating group) is 1. The van der Waals surface area contributed by atoms with Crippen molar-refractivity contribution in [3.05, 3.63) is 23.6 Å². The Morgan fingerprint density at radius 3 is 2.33 bits per heavy atom. The first-order chi connectivity index (χ1) is 12.8. The second-order valence-electron chi connectivity index (χ2n) is 7.21. The normalized spacial score (nSPS) is 32.7. The number of carboxylic acid groups (broad SMARTS) is 2. The first kappa shape index (κ1) is 19.1. The highest BCUT2D eigenvalue weighted by molar-refractivity contribution is 6.03. The van der Waals surface area contributed by atoms with Crippen molar-refractivity contribution in [2.45, 2.75) is 45.3 Å². The van der Waals surface area contributed by atoms with Crippen molar-refractivity contribution in [2.24, 2.45) is 17.8 Å². The molecule has 0 bridgehead atoms. The first-order valence-electron chi connectivity index (χ1n) is 9.21. The second-order valence-corrected chi connectivity index (χ2v) is 7.21. The van der Waals surface area contributed by atoms with Gasteiger partial charge in [-0.2, -0.15) is 0 Å². The number of ether oxygens (including phenoxy) is 1. The average molecular weight is 377 g/mol. The third kappa shape index (κ3) is 3.13. The Morgan fingerprint density at radius 1 is 1.11 bits per heavy atom. The van der Waals surface area contributed by atoms with Crippen LogP contribution in [0.4, 0.5) is 0 Å². The fraction of sp³-hybridized carbons (Fsp3) is 0.579. The zero-order valence-corrected chi connectivity index (χ0v) is 15.3. The SMILES string of the molecule is CCC[C@@H]1C2OC(C(=O)O)=CC(=O)C2CC2C(=O)C=C(C(=O)O)N(CC)C21. The summed E-state index contributed by atoms with van der Waals surface area (Å²) < 4.78 is 5.70. The highest BCUT2D eigenvalue weighted by Crippen LogP contribution is 2.46. The Kier molecular flexibility index (Phi) is 5.08. The lowest BCUT2D eigenvalue weighted by atomic mass is 9.63. The summed E-state index contributed by atoms with van der Waals surface area (Å²) in [6.45, 7) is 4.15. The number of fused-ring (bicyclic) bond motifs is 2. The Morgan fingerprint density at radius 2 is 1.78 bits per heavy atom. The molecule has 1 fully saturated rings. The molecule has 1 saturated carbocycles. The van der Waals surface area contributed by atoms with E-state index in [1.165, 1.54) is 0 Å². The molecule has 27 heavy (non-hydrogen) atoms. The Bertz CT molecular complexity index is 753. The van der Waals surface area contributed by atoms with E-state index in [1.807, 2.05) is 13.8 Å². The summed E-state index contributed by atoms with van der Waals surface area (Å²) in [5, 5.41) is 18.8. The molecule has 8 nitrogen and oxygen atoms in total. The highest BCUT2D eigenvalue weighted by atomic mass is 16.5. The molecule has 0 aromatic heterocycles. The lowest BCUT2D eigenvalue weighted by Gasteiger charge is -2.52. The zero-order chi connectivity index (χ0) is 19.9. The highest BCUT2D eigenvalue weighted by Gasteiger charge is 2.55. The van der Waals surface area contributed by atoms with E-state index in [0.717, 1.165) is 18.6 Å². The van der Waals surface area contributed by atoms with Crippen LogP contribution in [0.15, 0.2) is 23.6 Å². The van der Waals surface area contributed by atoms with Crippen LogP contribution < -0.4 is 0 Å². The van der Waals surface area contributed by atoms with Crippen LogP contribution in [0.5, 0.6) is 0 Å². The van der Waals surface area contributed by atoms with Gasteiger partial charge in [0.1, 0.15) is 11.8 Å². The van der Waals surface area contributed by atoms with E-state index in [1.54, 1.807) is 4.90 Å². The molecule has 0 aromatic rings. The van der Waals surface area contributed by atoms with Crippen molar-refractivity contribution in [3.8, 4) is 0 Å². The molecule has 3 aliphatic rings. The summed E-state index contributed by atoms with van der Waals surface area (Å²) in [6, 6.07) is -0.430. The summed E-state index contributed by atoms with van der Waals surface area (Å²) in [6.07, 6.45) is 3.04. The molecule has 4 unspecified atom stereocenters.